The highest BCUT2D eigenvalue weighted by Crippen LogP contribution is 2.36. The van der Waals surface area contributed by atoms with Gasteiger partial charge < -0.3 is 10.5 Å². The number of aromatic nitrogens is 3. The van der Waals surface area contributed by atoms with Gasteiger partial charge in [-0.25, -0.2) is 9.50 Å². The normalized spacial score (nSPS) is 11.8. The number of amides is 1. The molecule has 22 heavy (non-hydrogen) atoms. The van der Waals surface area contributed by atoms with Crippen LogP contribution in [0.2, 0.25) is 0 Å². The maximum atomic E-state index is 12.4. The second-order valence-electron chi connectivity index (χ2n) is 4.17. The third-order valence-electron chi connectivity index (χ3n) is 2.71. The first-order valence-corrected chi connectivity index (χ1v) is 6.65. The molecule has 1 amide bonds. The first-order valence-electron chi connectivity index (χ1n) is 5.83. The highest BCUT2D eigenvalue weighted by molar-refractivity contribution is 7.21. The van der Waals surface area contributed by atoms with E-state index >= 15 is 0 Å². The standard InChI is InChI=1S/C12H7F3N4O2S/c13-12(14,15)21-10-6(2-1-3-17-10)8-5-19-11(22-8)7(4-18-19)9(16)20/h1-5H,(H2,16,20). The smallest absolute Gasteiger partial charge is 0.387 e. The Morgan fingerprint density at radius 2 is 2.18 bits per heavy atom. The van der Waals surface area contributed by atoms with Crippen LogP contribution in [-0.4, -0.2) is 26.9 Å². The van der Waals surface area contributed by atoms with Crippen molar-refractivity contribution in [2.75, 3.05) is 0 Å². The van der Waals surface area contributed by atoms with Crippen molar-refractivity contribution in [3.63, 3.8) is 0 Å². The minimum atomic E-state index is -4.85. The molecule has 0 aromatic carbocycles. The molecule has 3 aromatic heterocycles. The van der Waals surface area contributed by atoms with Crippen LogP contribution in [0.15, 0.2) is 30.7 Å². The van der Waals surface area contributed by atoms with Gasteiger partial charge in [-0.15, -0.1) is 24.5 Å². The van der Waals surface area contributed by atoms with E-state index in [0.717, 1.165) is 11.3 Å². The minimum absolute atomic E-state index is 0.144. The van der Waals surface area contributed by atoms with E-state index in [1.807, 2.05) is 0 Å². The zero-order valence-electron chi connectivity index (χ0n) is 10.7. The number of rotatable bonds is 3. The summed E-state index contributed by atoms with van der Waals surface area (Å²) in [4.78, 5) is 15.7. The van der Waals surface area contributed by atoms with E-state index in [-0.39, 0.29) is 11.1 Å². The number of hydrogen-bond acceptors (Lipinski definition) is 5. The summed E-state index contributed by atoms with van der Waals surface area (Å²) < 4.78 is 42.5. The Morgan fingerprint density at radius 1 is 1.41 bits per heavy atom. The van der Waals surface area contributed by atoms with Gasteiger partial charge in [0.25, 0.3) is 5.91 Å². The fourth-order valence-corrected chi connectivity index (χ4v) is 2.93. The molecular weight excluding hydrogens is 321 g/mol. The predicted octanol–water partition coefficient (Wildman–Crippen LogP) is 2.46. The molecule has 0 saturated heterocycles. The molecule has 0 atom stereocenters. The van der Waals surface area contributed by atoms with Crippen LogP contribution in [0.5, 0.6) is 5.88 Å². The molecule has 0 saturated carbocycles. The van der Waals surface area contributed by atoms with Crippen molar-refractivity contribution in [3.8, 4) is 16.3 Å². The molecule has 0 fully saturated rings. The Labute approximate surface area is 124 Å². The van der Waals surface area contributed by atoms with Gasteiger partial charge in [-0.1, -0.05) is 0 Å². The number of fused-ring (bicyclic) bond motifs is 1. The summed E-state index contributed by atoms with van der Waals surface area (Å²) in [6.07, 6.45) is -0.877. The van der Waals surface area contributed by atoms with Gasteiger partial charge in [0.1, 0.15) is 4.83 Å². The quantitative estimate of drug-likeness (QED) is 0.800. The van der Waals surface area contributed by atoms with Crippen molar-refractivity contribution >= 4 is 22.1 Å². The molecule has 3 heterocycles. The number of ether oxygens (including phenoxy) is 1. The molecule has 10 heteroatoms. The van der Waals surface area contributed by atoms with E-state index in [0.29, 0.717) is 9.71 Å². The van der Waals surface area contributed by atoms with Gasteiger partial charge in [0, 0.05) is 12.4 Å². The first kappa shape index (κ1) is 14.3. The summed E-state index contributed by atoms with van der Waals surface area (Å²) in [6.45, 7) is 0. The molecular formula is C12H7F3N4O2S. The summed E-state index contributed by atoms with van der Waals surface area (Å²) in [7, 11) is 0. The fourth-order valence-electron chi connectivity index (χ4n) is 1.85. The van der Waals surface area contributed by atoms with Crippen molar-refractivity contribution in [3.05, 3.63) is 36.3 Å². The van der Waals surface area contributed by atoms with Crippen LogP contribution in [0.4, 0.5) is 13.2 Å². The average Bonchev–Trinajstić information content (AvgIpc) is 2.96. The van der Waals surface area contributed by atoms with E-state index in [4.69, 9.17) is 5.73 Å². The molecule has 3 rings (SSSR count). The number of primary amides is 1. The van der Waals surface area contributed by atoms with E-state index in [9.17, 15) is 18.0 Å². The SMILES string of the molecule is NC(=O)c1cnn2cc(-c3cccnc3OC(F)(F)F)sc12. The second-order valence-corrected chi connectivity index (χ2v) is 5.20. The number of pyridine rings is 1. The van der Waals surface area contributed by atoms with E-state index in [2.05, 4.69) is 14.8 Å². The molecule has 2 N–H and O–H groups in total. The number of hydrogen-bond donors (Lipinski definition) is 1. The van der Waals surface area contributed by atoms with Crippen molar-refractivity contribution in [2.45, 2.75) is 6.36 Å². The topological polar surface area (TPSA) is 82.5 Å². The molecule has 0 aliphatic carbocycles. The lowest BCUT2D eigenvalue weighted by Gasteiger charge is -2.10. The van der Waals surface area contributed by atoms with Crippen LogP contribution >= 0.6 is 11.3 Å². The zero-order valence-corrected chi connectivity index (χ0v) is 11.5. The number of carbonyl (C=O) groups excluding carboxylic acids is 1. The van der Waals surface area contributed by atoms with E-state index < -0.39 is 18.1 Å². The van der Waals surface area contributed by atoms with E-state index in [1.165, 1.54) is 35.2 Å². The average molecular weight is 328 g/mol. The van der Waals surface area contributed by atoms with Crippen LogP contribution in [-0.2, 0) is 0 Å². The van der Waals surface area contributed by atoms with Gasteiger partial charge in [-0.3, -0.25) is 4.79 Å². The van der Waals surface area contributed by atoms with Gasteiger partial charge in [-0.2, -0.15) is 5.10 Å². The maximum absolute atomic E-state index is 12.4. The molecule has 114 valence electrons. The lowest BCUT2D eigenvalue weighted by molar-refractivity contribution is -0.275. The molecule has 0 aliphatic heterocycles. The molecule has 3 aromatic rings. The predicted molar refractivity (Wildman–Crippen MR) is 71.5 cm³/mol. The van der Waals surface area contributed by atoms with Crippen LogP contribution < -0.4 is 10.5 Å². The summed E-state index contributed by atoms with van der Waals surface area (Å²) in [6, 6.07) is 2.92. The summed E-state index contributed by atoms with van der Waals surface area (Å²) in [5.74, 6) is -1.23. The van der Waals surface area contributed by atoms with Gasteiger partial charge in [0.15, 0.2) is 0 Å². The second kappa shape index (κ2) is 4.98. The minimum Gasteiger partial charge on any atom is -0.387 e. The number of carbonyl (C=O) groups is 1. The van der Waals surface area contributed by atoms with Crippen molar-refractivity contribution < 1.29 is 22.7 Å². The fraction of sp³-hybridized carbons (Fsp3) is 0.0833. The highest BCUT2D eigenvalue weighted by Gasteiger charge is 2.33. The molecule has 0 radical (unpaired) electrons. The molecule has 0 aliphatic rings. The number of alkyl halides is 3. The number of nitrogens with zero attached hydrogens (tertiary/aromatic N) is 3. The Bertz CT molecular complexity index is 856. The monoisotopic (exact) mass is 328 g/mol. The van der Waals surface area contributed by atoms with Crippen molar-refractivity contribution in [1.29, 1.82) is 0 Å². The number of thiazole rings is 1. The van der Waals surface area contributed by atoms with Crippen molar-refractivity contribution in [1.82, 2.24) is 14.6 Å². The Kier molecular flexibility index (Phi) is 3.24. The molecule has 0 unspecified atom stereocenters. The summed E-state index contributed by atoms with van der Waals surface area (Å²) in [5, 5.41) is 3.93. The van der Waals surface area contributed by atoms with Crippen LogP contribution in [0.25, 0.3) is 15.3 Å². The molecule has 0 spiro atoms. The van der Waals surface area contributed by atoms with E-state index in [1.54, 1.807) is 0 Å². The third kappa shape index (κ3) is 2.60. The van der Waals surface area contributed by atoms with Gasteiger partial charge in [0.2, 0.25) is 5.88 Å². The first-order chi connectivity index (χ1) is 10.3. The number of halogens is 3. The van der Waals surface area contributed by atoms with Crippen LogP contribution in [0, 0.1) is 0 Å². The Balaban J connectivity index is 2.10. The van der Waals surface area contributed by atoms with Gasteiger partial charge >= 0.3 is 6.36 Å². The molecule has 6 nitrogen and oxygen atoms in total. The Morgan fingerprint density at radius 3 is 2.86 bits per heavy atom. The van der Waals surface area contributed by atoms with Crippen molar-refractivity contribution in [2.24, 2.45) is 5.73 Å². The third-order valence-corrected chi connectivity index (χ3v) is 3.86. The zero-order chi connectivity index (χ0) is 15.9. The number of nitrogens with two attached hydrogens (primary N) is 1. The maximum Gasteiger partial charge on any atom is 0.574 e. The summed E-state index contributed by atoms with van der Waals surface area (Å²) >= 11 is 1.06. The van der Waals surface area contributed by atoms with Gasteiger partial charge in [0.05, 0.1) is 22.2 Å². The largest absolute Gasteiger partial charge is 0.574 e. The lowest BCUT2D eigenvalue weighted by atomic mass is 10.2. The lowest BCUT2D eigenvalue weighted by Crippen LogP contribution is -2.18. The highest BCUT2D eigenvalue weighted by atomic mass is 32.1. The van der Waals surface area contributed by atoms with Gasteiger partial charge in [-0.05, 0) is 12.1 Å². The summed E-state index contributed by atoms with van der Waals surface area (Å²) in [5.41, 5.74) is 5.55. The van der Waals surface area contributed by atoms with Crippen LogP contribution in [0.3, 0.4) is 0 Å². The van der Waals surface area contributed by atoms with Crippen LogP contribution in [0.1, 0.15) is 10.4 Å². The molecule has 0 bridgehead atoms. The Hall–Kier alpha value is -2.62.